The van der Waals surface area contributed by atoms with Gasteiger partial charge in [0.25, 0.3) is 0 Å². The van der Waals surface area contributed by atoms with Gasteiger partial charge < -0.3 is 10.2 Å². The largest absolute Gasteiger partial charge is 0.341 e. The van der Waals surface area contributed by atoms with E-state index >= 15 is 0 Å². The van der Waals surface area contributed by atoms with Crippen molar-refractivity contribution in [3.05, 3.63) is 35.6 Å². The second-order valence-corrected chi connectivity index (χ2v) is 5.14. The SMILES string of the molecule is CC(CC(=O)N1CCCNCC1)c1cccc(F)c1. The first-order chi connectivity index (χ1) is 9.16. The van der Waals surface area contributed by atoms with Crippen molar-refractivity contribution < 1.29 is 9.18 Å². The van der Waals surface area contributed by atoms with Gasteiger partial charge in [-0.05, 0) is 36.6 Å². The lowest BCUT2D eigenvalue weighted by molar-refractivity contribution is -0.131. The van der Waals surface area contributed by atoms with Crippen molar-refractivity contribution in [2.24, 2.45) is 0 Å². The molecule has 0 spiro atoms. The molecule has 1 fully saturated rings. The van der Waals surface area contributed by atoms with Crippen LogP contribution in [0.1, 0.15) is 31.2 Å². The lowest BCUT2D eigenvalue weighted by Crippen LogP contribution is -2.34. The van der Waals surface area contributed by atoms with Crippen LogP contribution in [0.4, 0.5) is 4.39 Å². The van der Waals surface area contributed by atoms with Gasteiger partial charge in [-0.25, -0.2) is 4.39 Å². The maximum absolute atomic E-state index is 13.2. The Morgan fingerprint density at radius 3 is 3.05 bits per heavy atom. The zero-order chi connectivity index (χ0) is 13.7. The molecule has 0 aromatic heterocycles. The summed E-state index contributed by atoms with van der Waals surface area (Å²) >= 11 is 0. The molecule has 4 heteroatoms. The van der Waals surface area contributed by atoms with Crippen molar-refractivity contribution in [2.45, 2.75) is 25.7 Å². The minimum atomic E-state index is -0.240. The van der Waals surface area contributed by atoms with Crippen molar-refractivity contribution in [3.8, 4) is 0 Å². The maximum atomic E-state index is 13.2. The molecule has 0 saturated carbocycles. The molecule has 1 aliphatic rings. The zero-order valence-electron chi connectivity index (χ0n) is 11.4. The number of amides is 1. The molecule has 1 aliphatic heterocycles. The summed E-state index contributed by atoms with van der Waals surface area (Å²) in [6.07, 6.45) is 1.45. The van der Waals surface area contributed by atoms with Crippen LogP contribution >= 0.6 is 0 Å². The topological polar surface area (TPSA) is 32.3 Å². The lowest BCUT2D eigenvalue weighted by Gasteiger charge is -2.22. The average molecular weight is 264 g/mol. The molecule has 3 nitrogen and oxygen atoms in total. The first-order valence-corrected chi connectivity index (χ1v) is 6.91. The fraction of sp³-hybridized carbons (Fsp3) is 0.533. The molecule has 19 heavy (non-hydrogen) atoms. The van der Waals surface area contributed by atoms with Crippen LogP contribution in [0.15, 0.2) is 24.3 Å². The van der Waals surface area contributed by atoms with Gasteiger partial charge in [0, 0.05) is 26.1 Å². The predicted molar refractivity (Wildman–Crippen MR) is 73.5 cm³/mol. The Bertz CT molecular complexity index is 428. The number of hydrogen-bond acceptors (Lipinski definition) is 2. The van der Waals surface area contributed by atoms with E-state index in [0.29, 0.717) is 6.42 Å². The van der Waals surface area contributed by atoms with Gasteiger partial charge >= 0.3 is 0 Å². The summed E-state index contributed by atoms with van der Waals surface area (Å²) in [6.45, 7) is 5.41. The van der Waals surface area contributed by atoms with Gasteiger partial charge in [-0.1, -0.05) is 19.1 Å². The molecule has 1 saturated heterocycles. The first kappa shape index (κ1) is 14.0. The minimum Gasteiger partial charge on any atom is -0.341 e. The predicted octanol–water partition coefficient (Wildman–Crippen LogP) is 2.14. The van der Waals surface area contributed by atoms with Crippen molar-refractivity contribution in [1.29, 1.82) is 0 Å². The van der Waals surface area contributed by atoms with E-state index in [4.69, 9.17) is 0 Å². The normalized spacial score (nSPS) is 17.9. The fourth-order valence-corrected chi connectivity index (χ4v) is 2.42. The van der Waals surface area contributed by atoms with Crippen LogP contribution in [0.3, 0.4) is 0 Å². The molecule has 2 rings (SSSR count). The third kappa shape index (κ3) is 4.03. The van der Waals surface area contributed by atoms with Crippen molar-refractivity contribution in [3.63, 3.8) is 0 Å². The van der Waals surface area contributed by atoms with Crippen LogP contribution in [0.25, 0.3) is 0 Å². The Labute approximate surface area is 113 Å². The van der Waals surface area contributed by atoms with Gasteiger partial charge in [-0.15, -0.1) is 0 Å². The number of carbonyl (C=O) groups is 1. The van der Waals surface area contributed by atoms with Crippen LogP contribution in [-0.2, 0) is 4.79 Å². The van der Waals surface area contributed by atoms with Crippen LogP contribution in [0.5, 0.6) is 0 Å². The summed E-state index contributed by atoms with van der Waals surface area (Å²) in [5, 5.41) is 3.28. The van der Waals surface area contributed by atoms with Crippen LogP contribution in [0, 0.1) is 5.82 Å². The summed E-state index contributed by atoms with van der Waals surface area (Å²) in [6, 6.07) is 6.52. The Kier molecular flexibility index (Phi) is 4.91. The lowest BCUT2D eigenvalue weighted by atomic mass is 9.97. The van der Waals surface area contributed by atoms with Crippen LogP contribution in [-0.4, -0.2) is 37.0 Å². The van der Waals surface area contributed by atoms with E-state index in [9.17, 15) is 9.18 Å². The quantitative estimate of drug-likeness (QED) is 0.907. The molecular weight excluding hydrogens is 243 g/mol. The fourth-order valence-electron chi connectivity index (χ4n) is 2.42. The molecule has 0 radical (unpaired) electrons. The first-order valence-electron chi connectivity index (χ1n) is 6.91. The highest BCUT2D eigenvalue weighted by Crippen LogP contribution is 2.20. The van der Waals surface area contributed by atoms with E-state index in [1.165, 1.54) is 12.1 Å². The van der Waals surface area contributed by atoms with E-state index in [-0.39, 0.29) is 17.6 Å². The van der Waals surface area contributed by atoms with Crippen molar-refractivity contribution in [2.75, 3.05) is 26.2 Å². The zero-order valence-corrected chi connectivity index (χ0v) is 11.4. The Hall–Kier alpha value is -1.42. The van der Waals surface area contributed by atoms with Crippen LogP contribution < -0.4 is 5.32 Å². The molecule has 1 aromatic rings. The van der Waals surface area contributed by atoms with Gasteiger partial charge in [-0.2, -0.15) is 0 Å². The molecular formula is C15H21FN2O. The van der Waals surface area contributed by atoms with Gasteiger partial charge in [0.2, 0.25) is 5.91 Å². The molecule has 1 unspecified atom stereocenters. The highest BCUT2D eigenvalue weighted by molar-refractivity contribution is 5.77. The monoisotopic (exact) mass is 264 g/mol. The van der Waals surface area contributed by atoms with E-state index in [1.807, 2.05) is 17.9 Å². The molecule has 0 aliphatic carbocycles. The number of nitrogens with one attached hydrogen (secondary N) is 1. The number of benzene rings is 1. The van der Waals surface area contributed by atoms with Gasteiger partial charge in [-0.3, -0.25) is 4.79 Å². The standard InChI is InChI=1S/C15H21FN2O/c1-12(13-4-2-5-14(16)11-13)10-15(19)18-8-3-6-17-7-9-18/h2,4-5,11-12,17H,3,6-10H2,1H3. The smallest absolute Gasteiger partial charge is 0.223 e. The highest BCUT2D eigenvalue weighted by atomic mass is 19.1. The van der Waals surface area contributed by atoms with E-state index in [0.717, 1.165) is 38.2 Å². The molecule has 1 heterocycles. The molecule has 1 amide bonds. The Morgan fingerprint density at radius 2 is 2.26 bits per heavy atom. The number of nitrogens with zero attached hydrogens (tertiary/aromatic N) is 1. The number of carbonyl (C=O) groups excluding carboxylic acids is 1. The number of rotatable bonds is 3. The highest BCUT2D eigenvalue weighted by Gasteiger charge is 2.18. The van der Waals surface area contributed by atoms with E-state index < -0.39 is 0 Å². The average Bonchev–Trinajstić information content (AvgIpc) is 2.67. The van der Waals surface area contributed by atoms with Crippen molar-refractivity contribution in [1.82, 2.24) is 10.2 Å². The van der Waals surface area contributed by atoms with Gasteiger partial charge in [0.1, 0.15) is 5.82 Å². The second-order valence-electron chi connectivity index (χ2n) is 5.14. The summed E-state index contributed by atoms with van der Waals surface area (Å²) < 4.78 is 13.2. The van der Waals surface area contributed by atoms with Gasteiger partial charge in [0.05, 0.1) is 0 Å². The van der Waals surface area contributed by atoms with Crippen molar-refractivity contribution >= 4 is 5.91 Å². The molecule has 1 atom stereocenters. The van der Waals surface area contributed by atoms with E-state index in [2.05, 4.69) is 5.32 Å². The number of halogens is 1. The summed E-state index contributed by atoms with van der Waals surface area (Å²) in [7, 11) is 0. The molecule has 1 N–H and O–H groups in total. The van der Waals surface area contributed by atoms with Gasteiger partial charge in [0.15, 0.2) is 0 Å². The van der Waals surface area contributed by atoms with E-state index in [1.54, 1.807) is 6.07 Å². The maximum Gasteiger partial charge on any atom is 0.223 e. The molecule has 1 aromatic carbocycles. The third-order valence-electron chi connectivity index (χ3n) is 3.59. The molecule has 104 valence electrons. The van der Waals surface area contributed by atoms with Crippen LogP contribution in [0.2, 0.25) is 0 Å². The number of hydrogen-bond donors (Lipinski definition) is 1. The Morgan fingerprint density at radius 1 is 1.42 bits per heavy atom. The third-order valence-corrected chi connectivity index (χ3v) is 3.59. The summed E-state index contributed by atoms with van der Waals surface area (Å²) in [5.74, 6) is -0.0179. The minimum absolute atomic E-state index is 0.0550. The summed E-state index contributed by atoms with van der Waals surface area (Å²) in [5.41, 5.74) is 0.890. The molecule has 0 bridgehead atoms. The second kappa shape index (κ2) is 6.66. The Balaban J connectivity index is 1.94. The summed E-state index contributed by atoms with van der Waals surface area (Å²) in [4.78, 5) is 14.1.